The Bertz CT molecular complexity index is 175. The molecule has 0 aromatic heterocycles. The van der Waals surface area contributed by atoms with Crippen LogP contribution in [0.4, 0.5) is 0 Å². The van der Waals surface area contributed by atoms with E-state index in [-0.39, 0.29) is 6.10 Å². The SMILES string of the molecule is CCCN1CCCC(NCC(O)CC)CC1. The van der Waals surface area contributed by atoms with Crippen molar-refractivity contribution < 1.29 is 5.11 Å². The van der Waals surface area contributed by atoms with Crippen LogP contribution in [0.25, 0.3) is 0 Å². The molecule has 2 atom stereocenters. The van der Waals surface area contributed by atoms with Gasteiger partial charge in [-0.25, -0.2) is 0 Å². The standard InChI is InChI=1S/C13H28N2O/c1-3-8-15-9-5-6-12(7-10-15)14-11-13(16)4-2/h12-14,16H,3-11H2,1-2H3. The zero-order chi connectivity index (χ0) is 11.8. The molecule has 0 aliphatic carbocycles. The first kappa shape index (κ1) is 13.9. The third-order valence-electron chi connectivity index (χ3n) is 3.47. The fourth-order valence-electron chi connectivity index (χ4n) is 2.35. The molecule has 1 fully saturated rings. The number of aliphatic hydroxyl groups is 1. The average Bonchev–Trinajstić information content (AvgIpc) is 2.52. The smallest absolute Gasteiger partial charge is 0.0662 e. The Morgan fingerprint density at radius 1 is 1.31 bits per heavy atom. The van der Waals surface area contributed by atoms with E-state index in [9.17, 15) is 5.11 Å². The van der Waals surface area contributed by atoms with Crippen LogP contribution in [0.15, 0.2) is 0 Å². The molecule has 2 N–H and O–H groups in total. The van der Waals surface area contributed by atoms with Gasteiger partial charge in [0, 0.05) is 12.6 Å². The third kappa shape index (κ3) is 5.28. The quantitative estimate of drug-likeness (QED) is 0.725. The van der Waals surface area contributed by atoms with E-state index in [1.165, 1.54) is 45.3 Å². The van der Waals surface area contributed by atoms with Crippen molar-refractivity contribution in [3.8, 4) is 0 Å². The zero-order valence-electron chi connectivity index (χ0n) is 10.9. The highest BCUT2D eigenvalue weighted by atomic mass is 16.3. The first-order chi connectivity index (χ1) is 7.76. The molecule has 0 aromatic carbocycles. The Morgan fingerprint density at radius 2 is 2.12 bits per heavy atom. The van der Waals surface area contributed by atoms with Gasteiger partial charge in [-0.1, -0.05) is 13.8 Å². The molecule has 0 radical (unpaired) electrons. The van der Waals surface area contributed by atoms with Crippen molar-refractivity contribution in [1.82, 2.24) is 10.2 Å². The Hall–Kier alpha value is -0.120. The van der Waals surface area contributed by atoms with E-state index in [0.717, 1.165) is 13.0 Å². The molecule has 2 unspecified atom stereocenters. The summed E-state index contributed by atoms with van der Waals surface area (Å²) in [5.41, 5.74) is 0. The summed E-state index contributed by atoms with van der Waals surface area (Å²) in [6, 6.07) is 0.614. The minimum Gasteiger partial charge on any atom is -0.392 e. The van der Waals surface area contributed by atoms with E-state index in [1.54, 1.807) is 0 Å². The van der Waals surface area contributed by atoms with E-state index < -0.39 is 0 Å². The fourth-order valence-corrected chi connectivity index (χ4v) is 2.35. The summed E-state index contributed by atoms with van der Waals surface area (Å²) in [5, 5.41) is 13.0. The lowest BCUT2D eigenvalue weighted by Gasteiger charge is -2.20. The molecule has 1 saturated heterocycles. The second kappa shape index (κ2) is 8.04. The summed E-state index contributed by atoms with van der Waals surface area (Å²) in [6.07, 6.45) is 5.72. The van der Waals surface area contributed by atoms with Crippen LogP contribution in [0.5, 0.6) is 0 Å². The molecule has 0 amide bonds. The Balaban J connectivity index is 2.19. The maximum absolute atomic E-state index is 9.52. The van der Waals surface area contributed by atoms with Crippen LogP contribution in [0.3, 0.4) is 0 Å². The van der Waals surface area contributed by atoms with E-state index in [1.807, 2.05) is 6.92 Å². The summed E-state index contributed by atoms with van der Waals surface area (Å²) < 4.78 is 0. The van der Waals surface area contributed by atoms with Crippen LogP contribution in [-0.2, 0) is 0 Å². The van der Waals surface area contributed by atoms with Gasteiger partial charge >= 0.3 is 0 Å². The summed E-state index contributed by atoms with van der Waals surface area (Å²) in [6.45, 7) is 8.75. The number of rotatable bonds is 6. The molecule has 96 valence electrons. The first-order valence-electron chi connectivity index (χ1n) is 6.90. The van der Waals surface area contributed by atoms with Gasteiger partial charge in [-0.3, -0.25) is 0 Å². The first-order valence-corrected chi connectivity index (χ1v) is 6.90. The fraction of sp³-hybridized carbons (Fsp3) is 1.00. The second-order valence-corrected chi connectivity index (χ2v) is 4.94. The minimum atomic E-state index is -0.171. The van der Waals surface area contributed by atoms with Gasteiger partial charge in [-0.05, 0) is 51.7 Å². The topological polar surface area (TPSA) is 35.5 Å². The van der Waals surface area contributed by atoms with Crippen molar-refractivity contribution in [2.75, 3.05) is 26.2 Å². The lowest BCUT2D eigenvalue weighted by atomic mass is 10.1. The molecule has 0 aromatic rings. The highest BCUT2D eigenvalue weighted by molar-refractivity contribution is 4.75. The van der Waals surface area contributed by atoms with E-state index in [2.05, 4.69) is 17.1 Å². The maximum atomic E-state index is 9.52. The Kier molecular flexibility index (Phi) is 7.01. The van der Waals surface area contributed by atoms with Crippen molar-refractivity contribution in [2.45, 2.75) is 58.1 Å². The van der Waals surface area contributed by atoms with Crippen LogP contribution in [0, 0.1) is 0 Å². The van der Waals surface area contributed by atoms with Crippen LogP contribution in [0.1, 0.15) is 46.0 Å². The summed E-state index contributed by atoms with van der Waals surface area (Å²) >= 11 is 0. The van der Waals surface area contributed by atoms with Gasteiger partial charge in [0.1, 0.15) is 0 Å². The third-order valence-corrected chi connectivity index (χ3v) is 3.47. The summed E-state index contributed by atoms with van der Waals surface area (Å²) in [7, 11) is 0. The van der Waals surface area contributed by atoms with Crippen molar-refractivity contribution in [1.29, 1.82) is 0 Å². The highest BCUT2D eigenvalue weighted by Gasteiger charge is 2.16. The van der Waals surface area contributed by atoms with E-state index in [0.29, 0.717) is 6.04 Å². The van der Waals surface area contributed by atoms with Crippen LogP contribution in [-0.4, -0.2) is 48.3 Å². The van der Waals surface area contributed by atoms with Crippen molar-refractivity contribution in [3.05, 3.63) is 0 Å². The summed E-state index contributed by atoms with van der Waals surface area (Å²) in [5.74, 6) is 0. The van der Waals surface area contributed by atoms with Gasteiger partial charge in [0.15, 0.2) is 0 Å². The number of hydrogen-bond donors (Lipinski definition) is 2. The Labute approximate surface area is 100 Å². The lowest BCUT2D eigenvalue weighted by molar-refractivity contribution is 0.161. The number of nitrogens with one attached hydrogen (secondary N) is 1. The van der Waals surface area contributed by atoms with Gasteiger partial charge in [0.2, 0.25) is 0 Å². The maximum Gasteiger partial charge on any atom is 0.0662 e. The summed E-state index contributed by atoms with van der Waals surface area (Å²) in [4.78, 5) is 2.57. The second-order valence-electron chi connectivity index (χ2n) is 4.94. The van der Waals surface area contributed by atoms with Crippen molar-refractivity contribution in [3.63, 3.8) is 0 Å². The molecule has 3 nitrogen and oxygen atoms in total. The molecule has 1 aliphatic heterocycles. The minimum absolute atomic E-state index is 0.171. The van der Waals surface area contributed by atoms with Crippen LogP contribution < -0.4 is 5.32 Å². The van der Waals surface area contributed by atoms with Gasteiger partial charge in [-0.15, -0.1) is 0 Å². The Morgan fingerprint density at radius 3 is 2.81 bits per heavy atom. The average molecular weight is 228 g/mol. The molecule has 1 aliphatic rings. The van der Waals surface area contributed by atoms with Crippen molar-refractivity contribution in [2.24, 2.45) is 0 Å². The molecule has 0 spiro atoms. The van der Waals surface area contributed by atoms with E-state index in [4.69, 9.17) is 0 Å². The predicted octanol–water partition coefficient (Wildman–Crippen LogP) is 1.61. The molecule has 16 heavy (non-hydrogen) atoms. The van der Waals surface area contributed by atoms with Crippen LogP contribution >= 0.6 is 0 Å². The molecular formula is C13H28N2O. The van der Waals surface area contributed by atoms with Gasteiger partial charge in [0.25, 0.3) is 0 Å². The number of likely N-dealkylation sites (tertiary alicyclic amines) is 1. The van der Waals surface area contributed by atoms with Crippen molar-refractivity contribution >= 4 is 0 Å². The highest BCUT2D eigenvalue weighted by Crippen LogP contribution is 2.11. The molecule has 0 bridgehead atoms. The number of aliphatic hydroxyl groups excluding tert-OH is 1. The molecule has 1 heterocycles. The molecule has 3 heteroatoms. The monoisotopic (exact) mass is 228 g/mol. The van der Waals surface area contributed by atoms with Gasteiger partial charge in [0.05, 0.1) is 6.10 Å². The number of nitrogens with zero attached hydrogens (tertiary/aromatic N) is 1. The predicted molar refractivity (Wildman–Crippen MR) is 68.7 cm³/mol. The largest absolute Gasteiger partial charge is 0.392 e. The zero-order valence-corrected chi connectivity index (χ0v) is 10.9. The normalized spacial score (nSPS) is 25.3. The molecule has 1 rings (SSSR count). The van der Waals surface area contributed by atoms with Gasteiger partial charge < -0.3 is 15.3 Å². The van der Waals surface area contributed by atoms with Gasteiger partial charge in [-0.2, -0.15) is 0 Å². The van der Waals surface area contributed by atoms with E-state index >= 15 is 0 Å². The molecule has 0 saturated carbocycles. The number of hydrogen-bond acceptors (Lipinski definition) is 3. The molecular weight excluding hydrogens is 200 g/mol. The lowest BCUT2D eigenvalue weighted by Crippen LogP contribution is -2.36. The van der Waals surface area contributed by atoms with Crippen LogP contribution in [0.2, 0.25) is 0 Å².